The molecule has 2 aromatic rings. The number of methoxy groups -OCH3 is 1. The Morgan fingerprint density at radius 1 is 1.16 bits per heavy atom. The van der Waals surface area contributed by atoms with Crippen molar-refractivity contribution < 1.29 is 14.3 Å². The lowest BCUT2D eigenvalue weighted by molar-refractivity contribution is 0.102. The van der Waals surface area contributed by atoms with Crippen LogP contribution in [-0.2, 0) is 17.7 Å². The van der Waals surface area contributed by atoms with Gasteiger partial charge in [-0.05, 0) is 48.1 Å². The van der Waals surface area contributed by atoms with Gasteiger partial charge in [0.25, 0.3) is 5.91 Å². The molecule has 25 heavy (non-hydrogen) atoms. The maximum absolute atomic E-state index is 12.6. The normalized spacial score (nSPS) is 13.1. The molecule has 1 aliphatic heterocycles. The third-order valence-corrected chi connectivity index (χ3v) is 5.06. The number of rotatable bonds is 3. The van der Waals surface area contributed by atoms with E-state index in [2.05, 4.69) is 5.32 Å². The number of hydrogen-bond donors (Lipinski definition) is 1. The molecule has 1 heterocycles. The predicted molar refractivity (Wildman–Crippen MR) is 99.1 cm³/mol. The standard InChI is InChI=1S/C19H20N2O3S/c1-24-19(23)21-10-9-13-7-8-15(11-14(13)12-21)20-18(22)16-5-3-4-6-17(16)25-2/h3-8,11H,9-10,12H2,1-2H3,(H,20,22). The van der Waals surface area contributed by atoms with Crippen LogP contribution in [0.5, 0.6) is 0 Å². The molecule has 0 unspecified atom stereocenters. The van der Waals surface area contributed by atoms with Crippen molar-refractivity contribution in [2.45, 2.75) is 17.9 Å². The second kappa shape index (κ2) is 7.61. The Morgan fingerprint density at radius 3 is 2.72 bits per heavy atom. The number of hydrogen-bond acceptors (Lipinski definition) is 4. The van der Waals surface area contributed by atoms with E-state index in [4.69, 9.17) is 4.74 Å². The zero-order valence-electron chi connectivity index (χ0n) is 14.2. The fourth-order valence-electron chi connectivity index (χ4n) is 2.95. The van der Waals surface area contributed by atoms with Crippen LogP contribution in [0.25, 0.3) is 0 Å². The highest BCUT2D eigenvalue weighted by Gasteiger charge is 2.21. The van der Waals surface area contributed by atoms with Crippen molar-refractivity contribution in [1.29, 1.82) is 0 Å². The van der Waals surface area contributed by atoms with Gasteiger partial charge in [-0.25, -0.2) is 4.79 Å². The second-order valence-electron chi connectivity index (χ2n) is 5.78. The molecule has 0 fully saturated rings. The average molecular weight is 356 g/mol. The van der Waals surface area contributed by atoms with E-state index in [-0.39, 0.29) is 12.0 Å². The van der Waals surface area contributed by atoms with Crippen LogP contribution < -0.4 is 5.32 Å². The zero-order valence-corrected chi connectivity index (χ0v) is 15.1. The average Bonchev–Trinajstić information content (AvgIpc) is 2.66. The summed E-state index contributed by atoms with van der Waals surface area (Å²) in [6, 6.07) is 13.4. The maximum Gasteiger partial charge on any atom is 0.409 e. The van der Waals surface area contributed by atoms with Crippen molar-refractivity contribution in [2.24, 2.45) is 0 Å². The van der Waals surface area contributed by atoms with Crippen LogP contribution in [0.1, 0.15) is 21.5 Å². The minimum atomic E-state index is -0.325. The minimum Gasteiger partial charge on any atom is -0.453 e. The maximum atomic E-state index is 12.6. The highest BCUT2D eigenvalue weighted by Crippen LogP contribution is 2.25. The summed E-state index contributed by atoms with van der Waals surface area (Å²) in [5.74, 6) is -0.134. The van der Waals surface area contributed by atoms with Gasteiger partial charge >= 0.3 is 6.09 Å². The molecule has 5 nitrogen and oxygen atoms in total. The largest absolute Gasteiger partial charge is 0.453 e. The fourth-order valence-corrected chi connectivity index (χ4v) is 3.55. The quantitative estimate of drug-likeness (QED) is 0.850. The van der Waals surface area contributed by atoms with Crippen LogP contribution in [0.4, 0.5) is 10.5 Å². The number of carbonyl (C=O) groups excluding carboxylic acids is 2. The Balaban J connectivity index is 1.78. The SMILES string of the molecule is COC(=O)N1CCc2ccc(NC(=O)c3ccccc3SC)cc2C1. The summed E-state index contributed by atoms with van der Waals surface area (Å²) in [7, 11) is 1.39. The van der Waals surface area contributed by atoms with Crippen molar-refractivity contribution >= 4 is 29.4 Å². The van der Waals surface area contributed by atoms with Gasteiger partial charge in [-0.15, -0.1) is 11.8 Å². The number of thioether (sulfide) groups is 1. The van der Waals surface area contributed by atoms with Crippen molar-refractivity contribution in [1.82, 2.24) is 4.90 Å². The predicted octanol–water partition coefficient (Wildman–Crippen LogP) is 3.79. The van der Waals surface area contributed by atoms with E-state index in [1.165, 1.54) is 12.7 Å². The molecule has 0 aliphatic carbocycles. The number of carbonyl (C=O) groups is 2. The fraction of sp³-hybridized carbons (Fsp3) is 0.263. The van der Waals surface area contributed by atoms with Gasteiger partial charge in [0.2, 0.25) is 0 Å². The molecule has 6 heteroatoms. The van der Waals surface area contributed by atoms with Gasteiger partial charge in [-0.1, -0.05) is 18.2 Å². The van der Waals surface area contributed by atoms with E-state index in [0.29, 0.717) is 18.7 Å². The molecule has 0 saturated heterocycles. The van der Waals surface area contributed by atoms with E-state index in [1.807, 2.05) is 48.7 Å². The van der Waals surface area contributed by atoms with Gasteiger partial charge in [0, 0.05) is 23.7 Å². The van der Waals surface area contributed by atoms with E-state index < -0.39 is 0 Å². The number of nitrogens with zero attached hydrogens (tertiary/aromatic N) is 1. The number of anilines is 1. The summed E-state index contributed by atoms with van der Waals surface area (Å²) in [5, 5.41) is 2.95. The lowest BCUT2D eigenvalue weighted by Crippen LogP contribution is -2.35. The first kappa shape index (κ1) is 17.4. The number of nitrogens with one attached hydrogen (secondary N) is 1. The smallest absolute Gasteiger partial charge is 0.409 e. The van der Waals surface area contributed by atoms with Gasteiger partial charge in [0.15, 0.2) is 0 Å². The van der Waals surface area contributed by atoms with Crippen LogP contribution in [0, 0.1) is 0 Å². The molecular formula is C19H20N2O3S. The molecule has 0 saturated carbocycles. The highest BCUT2D eigenvalue weighted by molar-refractivity contribution is 7.98. The third kappa shape index (κ3) is 3.79. The first-order chi connectivity index (χ1) is 12.1. The van der Waals surface area contributed by atoms with E-state index >= 15 is 0 Å². The van der Waals surface area contributed by atoms with E-state index in [1.54, 1.807) is 16.7 Å². The Kier molecular flexibility index (Phi) is 5.28. The summed E-state index contributed by atoms with van der Waals surface area (Å²) >= 11 is 1.54. The molecular weight excluding hydrogens is 336 g/mol. The van der Waals surface area contributed by atoms with Crippen molar-refractivity contribution in [3.8, 4) is 0 Å². The molecule has 3 rings (SSSR count). The van der Waals surface area contributed by atoms with Crippen LogP contribution >= 0.6 is 11.8 Å². The van der Waals surface area contributed by atoms with Crippen LogP contribution in [0.3, 0.4) is 0 Å². The molecule has 0 bridgehead atoms. The topological polar surface area (TPSA) is 58.6 Å². The first-order valence-electron chi connectivity index (χ1n) is 8.01. The van der Waals surface area contributed by atoms with Gasteiger partial charge < -0.3 is 15.0 Å². The number of benzene rings is 2. The Bertz CT molecular complexity index is 807. The monoisotopic (exact) mass is 356 g/mol. The molecule has 0 aromatic heterocycles. The number of ether oxygens (including phenoxy) is 1. The molecule has 0 atom stereocenters. The Labute approximate surface area is 151 Å². The summed E-state index contributed by atoms with van der Waals surface area (Å²) in [6.45, 7) is 1.14. The molecule has 1 N–H and O–H groups in total. The zero-order chi connectivity index (χ0) is 17.8. The summed E-state index contributed by atoms with van der Waals surface area (Å²) < 4.78 is 4.80. The molecule has 0 spiro atoms. The summed E-state index contributed by atoms with van der Waals surface area (Å²) in [6.07, 6.45) is 2.41. The lowest BCUT2D eigenvalue weighted by atomic mass is 9.99. The Hall–Kier alpha value is -2.47. The number of fused-ring (bicyclic) bond motifs is 1. The Morgan fingerprint density at radius 2 is 1.96 bits per heavy atom. The van der Waals surface area contributed by atoms with E-state index in [0.717, 1.165) is 22.6 Å². The first-order valence-corrected chi connectivity index (χ1v) is 9.24. The number of amides is 2. The summed E-state index contributed by atoms with van der Waals surface area (Å²) in [5.41, 5.74) is 3.62. The third-order valence-electron chi connectivity index (χ3n) is 4.26. The van der Waals surface area contributed by atoms with Gasteiger partial charge in [0.1, 0.15) is 0 Å². The highest BCUT2D eigenvalue weighted by atomic mass is 32.2. The van der Waals surface area contributed by atoms with Gasteiger partial charge in [-0.2, -0.15) is 0 Å². The molecule has 2 aromatic carbocycles. The van der Waals surface area contributed by atoms with Crippen LogP contribution in [0.15, 0.2) is 47.4 Å². The van der Waals surface area contributed by atoms with Crippen molar-refractivity contribution in [3.63, 3.8) is 0 Å². The molecule has 130 valence electrons. The second-order valence-corrected chi connectivity index (χ2v) is 6.63. The van der Waals surface area contributed by atoms with Crippen molar-refractivity contribution in [2.75, 3.05) is 25.2 Å². The lowest BCUT2D eigenvalue weighted by Gasteiger charge is -2.28. The van der Waals surface area contributed by atoms with E-state index in [9.17, 15) is 9.59 Å². The summed E-state index contributed by atoms with van der Waals surface area (Å²) in [4.78, 5) is 26.9. The molecule has 1 aliphatic rings. The minimum absolute atomic E-state index is 0.134. The van der Waals surface area contributed by atoms with Crippen LogP contribution in [-0.4, -0.2) is 36.8 Å². The van der Waals surface area contributed by atoms with Crippen molar-refractivity contribution in [3.05, 3.63) is 59.2 Å². The van der Waals surface area contributed by atoms with Gasteiger partial charge in [0.05, 0.1) is 12.7 Å². The molecule has 0 radical (unpaired) electrons. The van der Waals surface area contributed by atoms with Gasteiger partial charge in [-0.3, -0.25) is 4.79 Å². The molecule has 2 amide bonds. The van der Waals surface area contributed by atoms with Crippen LogP contribution in [0.2, 0.25) is 0 Å².